The van der Waals surface area contributed by atoms with Gasteiger partial charge in [0.2, 0.25) is 5.91 Å². The molecule has 0 unspecified atom stereocenters. The summed E-state index contributed by atoms with van der Waals surface area (Å²) < 4.78 is 0. The van der Waals surface area contributed by atoms with Crippen molar-refractivity contribution in [3.63, 3.8) is 0 Å². The van der Waals surface area contributed by atoms with Crippen molar-refractivity contribution in [2.75, 3.05) is 23.7 Å². The molecule has 2 aromatic rings. The second kappa shape index (κ2) is 9.39. The van der Waals surface area contributed by atoms with Crippen LogP contribution in [0.1, 0.15) is 47.2 Å². The van der Waals surface area contributed by atoms with Crippen molar-refractivity contribution >= 4 is 46.0 Å². The van der Waals surface area contributed by atoms with Gasteiger partial charge in [-0.25, -0.2) is 0 Å². The van der Waals surface area contributed by atoms with E-state index in [1.54, 1.807) is 24.3 Å². The van der Waals surface area contributed by atoms with Crippen molar-refractivity contribution < 1.29 is 14.4 Å². The molecule has 1 aliphatic carbocycles. The largest absolute Gasteiger partial charge is 0.351 e. The van der Waals surface area contributed by atoms with Crippen LogP contribution in [-0.2, 0) is 22.4 Å². The van der Waals surface area contributed by atoms with Gasteiger partial charge in [-0.05, 0) is 79.6 Å². The summed E-state index contributed by atoms with van der Waals surface area (Å²) in [5, 5.41) is 6.03. The van der Waals surface area contributed by atoms with Gasteiger partial charge < -0.3 is 15.5 Å². The second-order valence-electron chi connectivity index (χ2n) is 8.65. The summed E-state index contributed by atoms with van der Waals surface area (Å²) in [5.41, 5.74) is 4.57. The zero-order valence-electron chi connectivity index (χ0n) is 18.3. The van der Waals surface area contributed by atoms with Crippen LogP contribution in [0, 0.1) is 0 Å². The molecule has 2 aromatic carbocycles. The Morgan fingerprint density at radius 3 is 2.45 bits per heavy atom. The Labute approximate surface area is 197 Å². The number of nitrogens with zero attached hydrogens (tertiary/aromatic N) is 2. The molecule has 1 fully saturated rings. The van der Waals surface area contributed by atoms with E-state index in [9.17, 15) is 14.4 Å². The number of thioether (sulfide) groups is 1. The van der Waals surface area contributed by atoms with Gasteiger partial charge in [0.25, 0.3) is 11.8 Å². The SMILES string of the molecule is O=C(C[C@@H]1SC(N2CCCC2)=NC1=O)Nc1ccc(C(=O)Nc2ccc3c(c2)CCC3)cc1. The molecule has 5 rings (SSSR count). The molecule has 0 spiro atoms. The second-order valence-corrected chi connectivity index (χ2v) is 9.82. The fourth-order valence-corrected chi connectivity index (χ4v) is 5.61. The van der Waals surface area contributed by atoms with Gasteiger partial charge in [0.1, 0.15) is 5.25 Å². The quantitative estimate of drug-likeness (QED) is 0.704. The number of rotatable bonds is 5. The summed E-state index contributed by atoms with van der Waals surface area (Å²) in [6.07, 6.45) is 5.63. The number of amides is 3. The van der Waals surface area contributed by atoms with E-state index < -0.39 is 5.25 Å². The van der Waals surface area contributed by atoms with Crippen molar-refractivity contribution in [1.82, 2.24) is 4.90 Å². The van der Waals surface area contributed by atoms with Crippen LogP contribution in [0.2, 0.25) is 0 Å². The maximum atomic E-state index is 12.6. The molecule has 1 atom stereocenters. The van der Waals surface area contributed by atoms with Crippen LogP contribution in [0.25, 0.3) is 0 Å². The van der Waals surface area contributed by atoms with Gasteiger partial charge in [-0.15, -0.1) is 0 Å². The summed E-state index contributed by atoms with van der Waals surface area (Å²) in [4.78, 5) is 43.5. The lowest BCUT2D eigenvalue weighted by molar-refractivity contribution is -0.121. The van der Waals surface area contributed by atoms with Gasteiger partial charge in [-0.2, -0.15) is 4.99 Å². The molecule has 33 heavy (non-hydrogen) atoms. The standard InChI is InChI=1S/C25H26N4O3S/c30-22(15-21-24(32)28-25(33-21)29-12-1-2-13-29)26-19-9-7-17(8-10-19)23(31)27-20-11-6-16-4-3-5-18(16)14-20/h6-11,14,21H,1-5,12-13,15H2,(H,26,30)(H,27,31)/t21-/m0/s1. The topological polar surface area (TPSA) is 90.9 Å². The molecule has 2 aliphatic heterocycles. The van der Waals surface area contributed by atoms with Gasteiger partial charge in [0.15, 0.2) is 5.17 Å². The van der Waals surface area contributed by atoms with E-state index in [0.717, 1.165) is 49.6 Å². The first-order valence-corrected chi connectivity index (χ1v) is 12.3. The number of likely N-dealkylation sites (tertiary alicyclic amines) is 1. The van der Waals surface area contributed by atoms with E-state index in [1.807, 2.05) is 6.07 Å². The molecule has 170 valence electrons. The average molecular weight is 463 g/mol. The molecule has 3 aliphatic rings. The smallest absolute Gasteiger partial charge is 0.262 e. The first kappa shape index (κ1) is 21.7. The van der Waals surface area contributed by atoms with Crippen LogP contribution in [-0.4, -0.2) is 46.1 Å². The van der Waals surface area contributed by atoms with Crippen LogP contribution in [0.5, 0.6) is 0 Å². The van der Waals surface area contributed by atoms with E-state index >= 15 is 0 Å². The summed E-state index contributed by atoms with van der Waals surface area (Å²) in [6, 6.07) is 12.8. The molecule has 7 nitrogen and oxygen atoms in total. The Kier molecular flexibility index (Phi) is 6.17. The van der Waals surface area contributed by atoms with Crippen LogP contribution in [0.3, 0.4) is 0 Å². The number of aliphatic imine (C=N–C) groups is 1. The maximum absolute atomic E-state index is 12.6. The predicted octanol–water partition coefficient (Wildman–Crippen LogP) is 3.85. The molecule has 8 heteroatoms. The lowest BCUT2D eigenvalue weighted by Gasteiger charge is -2.16. The minimum atomic E-state index is -0.474. The van der Waals surface area contributed by atoms with E-state index in [4.69, 9.17) is 0 Å². The third kappa shape index (κ3) is 4.95. The lowest BCUT2D eigenvalue weighted by atomic mass is 10.1. The van der Waals surface area contributed by atoms with Gasteiger partial charge in [0.05, 0.1) is 0 Å². The Morgan fingerprint density at radius 2 is 1.67 bits per heavy atom. The van der Waals surface area contributed by atoms with Crippen LogP contribution < -0.4 is 10.6 Å². The zero-order chi connectivity index (χ0) is 22.8. The van der Waals surface area contributed by atoms with Crippen LogP contribution in [0.15, 0.2) is 47.5 Å². The Bertz CT molecular complexity index is 1120. The number of hydrogen-bond acceptors (Lipinski definition) is 5. The molecule has 2 heterocycles. The average Bonchev–Trinajstić information content (AvgIpc) is 3.55. The zero-order valence-corrected chi connectivity index (χ0v) is 19.1. The Balaban J connectivity index is 1.13. The number of carbonyl (C=O) groups is 3. The fourth-order valence-electron chi connectivity index (χ4n) is 4.49. The number of benzene rings is 2. The van der Waals surface area contributed by atoms with Crippen molar-refractivity contribution in [3.8, 4) is 0 Å². The van der Waals surface area contributed by atoms with Crippen LogP contribution in [0.4, 0.5) is 11.4 Å². The number of amidine groups is 1. The summed E-state index contributed by atoms with van der Waals surface area (Å²) in [7, 11) is 0. The number of fused-ring (bicyclic) bond motifs is 1. The predicted molar refractivity (Wildman–Crippen MR) is 131 cm³/mol. The molecular weight excluding hydrogens is 436 g/mol. The lowest BCUT2D eigenvalue weighted by Crippen LogP contribution is -2.25. The summed E-state index contributed by atoms with van der Waals surface area (Å²) in [5.74, 6) is -0.671. The molecule has 0 aromatic heterocycles. The van der Waals surface area contributed by atoms with Gasteiger partial charge in [-0.1, -0.05) is 17.8 Å². The number of carbonyl (C=O) groups excluding carboxylic acids is 3. The van der Waals surface area contributed by atoms with Gasteiger partial charge in [-0.3, -0.25) is 14.4 Å². The fraction of sp³-hybridized carbons (Fsp3) is 0.360. The van der Waals surface area contributed by atoms with Crippen molar-refractivity contribution in [2.24, 2.45) is 4.99 Å². The van der Waals surface area contributed by atoms with E-state index in [0.29, 0.717) is 11.3 Å². The summed E-state index contributed by atoms with van der Waals surface area (Å²) in [6.45, 7) is 1.84. The van der Waals surface area contributed by atoms with Crippen molar-refractivity contribution in [2.45, 2.75) is 43.8 Å². The highest BCUT2D eigenvalue weighted by atomic mass is 32.2. The minimum absolute atomic E-state index is 0.0743. The number of aryl methyl sites for hydroxylation is 2. The molecule has 2 N–H and O–H groups in total. The third-order valence-corrected chi connectivity index (χ3v) is 7.48. The highest BCUT2D eigenvalue weighted by Gasteiger charge is 2.33. The van der Waals surface area contributed by atoms with Crippen LogP contribution >= 0.6 is 11.8 Å². The minimum Gasteiger partial charge on any atom is -0.351 e. The van der Waals surface area contributed by atoms with E-state index in [1.165, 1.54) is 29.3 Å². The van der Waals surface area contributed by atoms with E-state index in [-0.39, 0.29) is 24.1 Å². The van der Waals surface area contributed by atoms with Crippen molar-refractivity contribution in [1.29, 1.82) is 0 Å². The third-order valence-electron chi connectivity index (χ3n) is 6.26. The number of nitrogens with one attached hydrogen (secondary N) is 2. The molecule has 0 saturated carbocycles. The molecule has 1 saturated heterocycles. The number of anilines is 2. The first-order valence-electron chi connectivity index (χ1n) is 11.4. The van der Waals surface area contributed by atoms with Gasteiger partial charge >= 0.3 is 0 Å². The monoisotopic (exact) mass is 462 g/mol. The Hall–Kier alpha value is -3.13. The highest BCUT2D eigenvalue weighted by Crippen LogP contribution is 2.29. The highest BCUT2D eigenvalue weighted by molar-refractivity contribution is 8.15. The van der Waals surface area contributed by atoms with Gasteiger partial charge in [0, 0.05) is 36.4 Å². The molecule has 3 amide bonds. The first-order chi connectivity index (χ1) is 16.0. The van der Waals surface area contributed by atoms with E-state index in [2.05, 4.69) is 32.7 Å². The normalized spacial score (nSPS) is 19.4. The maximum Gasteiger partial charge on any atom is 0.262 e. The molecule has 0 radical (unpaired) electrons. The van der Waals surface area contributed by atoms with Crippen molar-refractivity contribution in [3.05, 3.63) is 59.2 Å². The Morgan fingerprint density at radius 1 is 0.939 bits per heavy atom. The molecule has 0 bridgehead atoms. The summed E-state index contributed by atoms with van der Waals surface area (Å²) >= 11 is 1.38. The molecular formula is C25H26N4O3S. The number of hydrogen-bond donors (Lipinski definition) is 2.